The van der Waals surface area contributed by atoms with Crippen LogP contribution in [0.2, 0.25) is 0 Å². The number of nitrogens with zero attached hydrogens (tertiary/aromatic N) is 2. The highest BCUT2D eigenvalue weighted by Gasteiger charge is 2.29. The van der Waals surface area contributed by atoms with Crippen molar-refractivity contribution in [3.8, 4) is 17.3 Å². The standard InChI is InChI=1S/C22H22N4O4/c1-3-30-18-11-7-5-9-14(18)15-12-16(25-24-15)19-20(27)23-22(29)26(21(19)28)17-10-6-4-8-13(17)2/h4-11,15,24,28H,3,12H2,1-2H3,(H,23,27,29). The Morgan fingerprint density at radius 3 is 2.67 bits per heavy atom. The monoisotopic (exact) mass is 406 g/mol. The molecule has 0 saturated heterocycles. The molecule has 3 N–H and O–H groups in total. The number of aromatic nitrogens is 2. The first-order chi connectivity index (χ1) is 14.5. The number of aromatic amines is 1. The van der Waals surface area contributed by atoms with Crippen LogP contribution in [0.1, 0.15) is 36.1 Å². The van der Waals surface area contributed by atoms with Crippen LogP contribution in [0.5, 0.6) is 11.6 Å². The van der Waals surface area contributed by atoms with Gasteiger partial charge >= 0.3 is 5.69 Å². The second-order valence-electron chi connectivity index (χ2n) is 6.99. The molecule has 154 valence electrons. The molecule has 8 heteroatoms. The minimum Gasteiger partial charge on any atom is -0.494 e. The number of para-hydroxylation sites is 2. The largest absolute Gasteiger partial charge is 0.494 e. The van der Waals surface area contributed by atoms with Gasteiger partial charge in [0.2, 0.25) is 5.88 Å². The van der Waals surface area contributed by atoms with E-state index in [1.807, 2.05) is 50.2 Å². The molecule has 3 aromatic rings. The smallest absolute Gasteiger partial charge is 0.335 e. The normalized spacial score (nSPS) is 15.5. The number of hydrogen-bond acceptors (Lipinski definition) is 6. The molecule has 0 fully saturated rings. The molecule has 1 aromatic heterocycles. The minimum absolute atomic E-state index is 0.0262. The van der Waals surface area contributed by atoms with Gasteiger partial charge in [0, 0.05) is 12.0 Å². The van der Waals surface area contributed by atoms with E-state index >= 15 is 0 Å². The zero-order valence-corrected chi connectivity index (χ0v) is 16.7. The summed E-state index contributed by atoms with van der Waals surface area (Å²) in [7, 11) is 0. The van der Waals surface area contributed by atoms with Gasteiger partial charge in [-0.2, -0.15) is 5.10 Å². The van der Waals surface area contributed by atoms with E-state index < -0.39 is 17.1 Å². The summed E-state index contributed by atoms with van der Waals surface area (Å²) >= 11 is 0. The van der Waals surface area contributed by atoms with Gasteiger partial charge in [-0.3, -0.25) is 9.78 Å². The molecule has 8 nitrogen and oxygen atoms in total. The van der Waals surface area contributed by atoms with E-state index in [2.05, 4.69) is 15.5 Å². The van der Waals surface area contributed by atoms with Crippen molar-refractivity contribution in [1.29, 1.82) is 0 Å². The Labute approximate surface area is 172 Å². The molecule has 0 aliphatic carbocycles. The second-order valence-corrected chi connectivity index (χ2v) is 6.99. The second kappa shape index (κ2) is 7.90. The lowest BCUT2D eigenvalue weighted by Crippen LogP contribution is -2.33. The summed E-state index contributed by atoms with van der Waals surface area (Å²) in [6.07, 6.45) is 0.354. The number of aryl methyl sites for hydroxylation is 1. The zero-order chi connectivity index (χ0) is 21.3. The zero-order valence-electron chi connectivity index (χ0n) is 16.7. The quantitative estimate of drug-likeness (QED) is 0.603. The van der Waals surface area contributed by atoms with Gasteiger partial charge in [0.1, 0.15) is 11.3 Å². The third kappa shape index (κ3) is 3.36. The number of nitrogens with one attached hydrogen (secondary N) is 2. The summed E-state index contributed by atoms with van der Waals surface area (Å²) in [6.45, 7) is 4.26. The molecule has 1 aliphatic heterocycles. The number of rotatable bonds is 5. The van der Waals surface area contributed by atoms with Gasteiger partial charge in [0.05, 0.1) is 24.0 Å². The molecule has 2 heterocycles. The lowest BCUT2D eigenvalue weighted by Gasteiger charge is -2.16. The molecule has 0 bridgehead atoms. The highest BCUT2D eigenvalue weighted by Crippen LogP contribution is 2.32. The molecule has 1 aliphatic rings. The Balaban J connectivity index is 1.75. The highest BCUT2D eigenvalue weighted by molar-refractivity contribution is 6.03. The van der Waals surface area contributed by atoms with Gasteiger partial charge in [-0.05, 0) is 31.5 Å². The number of aromatic hydroxyl groups is 1. The lowest BCUT2D eigenvalue weighted by atomic mass is 9.99. The van der Waals surface area contributed by atoms with Crippen LogP contribution in [0.4, 0.5) is 0 Å². The van der Waals surface area contributed by atoms with Gasteiger partial charge in [0.15, 0.2) is 0 Å². The summed E-state index contributed by atoms with van der Waals surface area (Å²) in [5.41, 5.74) is 4.14. The first-order valence-electron chi connectivity index (χ1n) is 9.69. The predicted octanol–water partition coefficient (Wildman–Crippen LogP) is 2.38. The molecule has 0 saturated carbocycles. The summed E-state index contributed by atoms with van der Waals surface area (Å²) in [5, 5.41) is 15.2. The molecule has 30 heavy (non-hydrogen) atoms. The van der Waals surface area contributed by atoms with Gasteiger partial charge in [-0.1, -0.05) is 36.4 Å². The molecule has 0 radical (unpaired) electrons. The Bertz CT molecular complexity index is 1240. The Hall–Kier alpha value is -3.81. The number of hydrogen-bond donors (Lipinski definition) is 3. The Morgan fingerprint density at radius 2 is 1.90 bits per heavy atom. The van der Waals surface area contributed by atoms with Crippen molar-refractivity contribution in [2.75, 3.05) is 6.61 Å². The third-order valence-electron chi connectivity index (χ3n) is 5.08. The molecule has 1 atom stereocenters. The first kappa shape index (κ1) is 19.5. The van der Waals surface area contributed by atoms with Crippen molar-refractivity contribution < 1.29 is 9.84 Å². The number of hydrazone groups is 1. The van der Waals surface area contributed by atoms with Gasteiger partial charge in [-0.25, -0.2) is 9.36 Å². The maximum absolute atomic E-state index is 12.6. The SMILES string of the molecule is CCOc1ccccc1C1CC(c2c(O)n(-c3ccccc3C)c(=O)[nH]c2=O)=NN1. The van der Waals surface area contributed by atoms with Crippen LogP contribution in [-0.2, 0) is 0 Å². The van der Waals surface area contributed by atoms with Crippen molar-refractivity contribution in [1.82, 2.24) is 15.0 Å². The molecule has 0 amide bonds. The fraction of sp³-hybridized carbons (Fsp3) is 0.227. The average Bonchev–Trinajstić information content (AvgIpc) is 3.19. The van der Waals surface area contributed by atoms with E-state index in [0.29, 0.717) is 24.4 Å². The highest BCUT2D eigenvalue weighted by atomic mass is 16.5. The molecule has 1 unspecified atom stereocenters. The topological polar surface area (TPSA) is 109 Å². The van der Waals surface area contributed by atoms with E-state index in [1.54, 1.807) is 12.1 Å². The number of ether oxygens (including phenoxy) is 1. The summed E-state index contributed by atoms with van der Waals surface area (Å²) in [6, 6.07) is 14.5. The van der Waals surface area contributed by atoms with E-state index in [1.165, 1.54) is 0 Å². The Kier molecular flexibility index (Phi) is 5.14. The average molecular weight is 406 g/mol. The van der Waals surface area contributed by atoms with Gasteiger partial charge < -0.3 is 15.3 Å². The van der Waals surface area contributed by atoms with Crippen LogP contribution in [0.25, 0.3) is 5.69 Å². The molecule has 0 spiro atoms. The van der Waals surface area contributed by atoms with E-state index in [-0.39, 0.29) is 11.6 Å². The fourth-order valence-electron chi connectivity index (χ4n) is 3.66. The molecule has 2 aromatic carbocycles. The van der Waals surface area contributed by atoms with Crippen LogP contribution >= 0.6 is 0 Å². The van der Waals surface area contributed by atoms with Crippen LogP contribution in [-0.4, -0.2) is 27.0 Å². The van der Waals surface area contributed by atoms with Crippen molar-refractivity contribution in [3.63, 3.8) is 0 Å². The summed E-state index contributed by atoms with van der Waals surface area (Å²) in [5.74, 6) is 0.300. The van der Waals surface area contributed by atoms with E-state index in [4.69, 9.17) is 4.74 Å². The van der Waals surface area contributed by atoms with Crippen LogP contribution < -0.4 is 21.4 Å². The van der Waals surface area contributed by atoms with Crippen molar-refractivity contribution >= 4 is 5.71 Å². The van der Waals surface area contributed by atoms with E-state index in [9.17, 15) is 14.7 Å². The lowest BCUT2D eigenvalue weighted by molar-refractivity contribution is 0.332. The molecule has 4 rings (SSSR count). The summed E-state index contributed by atoms with van der Waals surface area (Å²) < 4.78 is 6.78. The number of H-pyrrole nitrogens is 1. The molecular weight excluding hydrogens is 384 g/mol. The van der Waals surface area contributed by atoms with Crippen LogP contribution in [0.15, 0.2) is 63.2 Å². The van der Waals surface area contributed by atoms with Crippen molar-refractivity contribution in [2.45, 2.75) is 26.3 Å². The van der Waals surface area contributed by atoms with Gasteiger partial charge in [-0.15, -0.1) is 0 Å². The maximum Gasteiger partial charge on any atom is 0.335 e. The van der Waals surface area contributed by atoms with Crippen molar-refractivity contribution in [2.24, 2.45) is 5.10 Å². The molecular formula is C22H22N4O4. The maximum atomic E-state index is 12.6. The fourth-order valence-corrected chi connectivity index (χ4v) is 3.66. The van der Waals surface area contributed by atoms with Gasteiger partial charge in [0.25, 0.3) is 5.56 Å². The third-order valence-corrected chi connectivity index (χ3v) is 5.08. The summed E-state index contributed by atoms with van der Waals surface area (Å²) in [4.78, 5) is 27.3. The van der Waals surface area contributed by atoms with Crippen LogP contribution in [0, 0.1) is 6.92 Å². The Morgan fingerprint density at radius 1 is 1.17 bits per heavy atom. The van der Waals surface area contributed by atoms with Crippen LogP contribution in [0.3, 0.4) is 0 Å². The number of benzene rings is 2. The van der Waals surface area contributed by atoms with E-state index in [0.717, 1.165) is 21.4 Å². The first-order valence-corrected chi connectivity index (χ1v) is 9.69. The minimum atomic E-state index is -0.708. The predicted molar refractivity (Wildman–Crippen MR) is 114 cm³/mol. The van der Waals surface area contributed by atoms with Crippen molar-refractivity contribution in [3.05, 3.63) is 86.1 Å².